The third-order valence-electron chi connectivity index (χ3n) is 17.5. The zero-order valence-electron chi connectivity index (χ0n) is 75.1. The van der Waals surface area contributed by atoms with Crippen molar-refractivity contribution in [3.8, 4) is 17.2 Å². The van der Waals surface area contributed by atoms with Gasteiger partial charge in [0.2, 0.25) is 5.78 Å². The van der Waals surface area contributed by atoms with Crippen LogP contribution in [0, 0.1) is 41.5 Å². The third kappa shape index (κ3) is 31.4. The summed E-state index contributed by atoms with van der Waals surface area (Å²) in [4.78, 5) is 125. The Morgan fingerprint density at radius 2 is 0.703 bits per heavy atom. The van der Waals surface area contributed by atoms with Crippen molar-refractivity contribution in [3.63, 3.8) is 0 Å². The van der Waals surface area contributed by atoms with E-state index in [-0.39, 0.29) is 16.6 Å². The highest BCUT2D eigenvalue weighted by Crippen LogP contribution is 2.39. The van der Waals surface area contributed by atoms with Gasteiger partial charge in [-0.2, -0.15) is 52.7 Å². The Balaban J connectivity index is 0.000000344. The largest absolute Gasteiger partial charge is 0.478 e. The van der Waals surface area contributed by atoms with Crippen molar-refractivity contribution in [1.29, 1.82) is 0 Å². The molecule has 684 valence electrons. The van der Waals surface area contributed by atoms with Crippen LogP contribution in [0.25, 0.3) is 44.9 Å². The average molecular weight is 1800 g/mol. The van der Waals surface area contributed by atoms with Crippen LogP contribution in [0.2, 0.25) is 0 Å². The van der Waals surface area contributed by atoms with Crippen LogP contribution < -0.4 is 19.9 Å². The molecule has 0 atom stereocenters. The Kier molecular flexibility index (Phi) is 35.6. The molecule has 0 aliphatic carbocycles. The van der Waals surface area contributed by atoms with Crippen LogP contribution >= 0.6 is 0 Å². The van der Waals surface area contributed by atoms with Gasteiger partial charge in [0, 0.05) is 39.9 Å². The van der Waals surface area contributed by atoms with Gasteiger partial charge in [0.1, 0.15) is 40.5 Å². The van der Waals surface area contributed by atoms with Crippen LogP contribution in [-0.2, 0) is 52.0 Å². The molecule has 10 rings (SSSR count). The minimum atomic E-state index is -4.87. The van der Waals surface area contributed by atoms with Gasteiger partial charge in [0.15, 0.2) is 57.5 Å². The number of nitrogens with zero attached hydrogens (tertiary/aromatic N) is 3. The van der Waals surface area contributed by atoms with E-state index < -0.39 is 140 Å². The molecule has 3 N–H and O–H groups in total. The molecule has 7 aromatic carbocycles. The number of aryl methyl sites for hydroxylation is 6. The van der Waals surface area contributed by atoms with Gasteiger partial charge in [0.05, 0.1) is 34.1 Å². The fourth-order valence-electron chi connectivity index (χ4n) is 11.5. The zero-order valence-corrected chi connectivity index (χ0v) is 74.1. The van der Waals surface area contributed by atoms with Crippen LogP contribution in [0.3, 0.4) is 0 Å². The van der Waals surface area contributed by atoms with Crippen LogP contribution in [0.1, 0.15) is 226 Å². The summed E-state index contributed by atoms with van der Waals surface area (Å²) in [6, 6.07) is 39.8. The third-order valence-corrected chi connectivity index (χ3v) is 17.5. The number of pyridine rings is 3. The predicted molar refractivity (Wildman–Crippen MR) is 463 cm³/mol. The van der Waals surface area contributed by atoms with Gasteiger partial charge in [-0.1, -0.05) is 86.3 Å². The number of aldehydes is 2. The van der Waals surface area contributed by atoms with Crippen molar-refractivity contribution < 1.29 is 131 Å². The minimum absolute atomic E-state index is 0.150. The second-order valence-corrected chi connectivity index (χ2v) is 32.4. The number of Topliss-reactive ketones (excluding diaryl/α,β-unsaturated/α-hetero) is 3. The quantitative estimate of drug-likeness (QED) is 0.0136. The van der Waals surface area contributed by atoms with Crippen molar-refractivity contribution in [2.24, 2.45) is 0 Å². The molecule has 0 saturated carbocycles. The summed E-state index contributed by atoms with van der Waals surface area (Å²) < 4.78 is 188. The number of esters is 2. The molecule has 0 saturated heterocycles. The lowest BCUT2D eigenvalue weighted by atomic mass is 10.0. The SMILES string of the molecule is CC(=O)CC(=O)C(F)(F)F.CC(=O)c1cc2ccccc2nc1C(F)(F)F.Cc1cc(/C=C/C(=O)c2cc3ccccc3nc2C(F)(F)F)cc(C)c1OC(C)(C)C(=O)O.Cc1cc(/C=C/C(=O)c2cc3ccccc3nc2C(F)(F)F)cc(C)c1OC(C)(C)C(=O)OC(C)(C)C.Cc1cc(C=O)cc(C)c1OC(C)(C)C(=O)OC(C)(C)C.Nc1ccccc1C=O.[3H]C. The molecule has 0 aliphatic heterocycles. The average Bonchev–Trinajstić information content (AvgIpc) is 0.777. The van der Waals surface area contributed by atoms with Crippen molar-refractivity contribution in [3.05, 3.63) is 253 Å². The Hall–Kier alpha value is -13.3. The number of carboxylic acid groups (broad SMARTS) is 1. The number of anilines is 1. The lowest BCUT2D eigenvalue weighted by Gasteiger charge is -2.30. The normalized spacial score (nSPS) is 11.9. The molecule has 128 heavy (non-hydrogen) atoms. The number of allylic oxidation sites excluding steroid dienone is 2. The first kappa shape index (κ1) is 105. The van der Waals surface area contributed by atoms with E-state index in [2.05, 4.69) is 15.0 Å². The number of rotatable bonds is 20. The number of halogens is 12. The number of carboxylic acids is 1. The van der Waals surface area contributed by atoms with Crippen molar-refractivity contribution >= 4 is 110 Å². The summed E-state index contributed by atoms with van der Waals surface area (Å²) in [6.07, 6.45) is -13.6. The smallest absolute Gasteiger partial charge is 0.450 e. The molecule has 0 bridgehead atoms. The van der Waals surface area contributed by atoms with E-state index in [1.54, 1.807) is 191 Å². The van der Waals surface area contributed by atoms with Crippen LogP contribution in [-0.4, -0.2) is 114 Å². The van der Waals surface area contributed by atoms with Gasteiger partial charge < -0.3 is 34.5 Å². The van der Waals surface area contributed by atoms with E-state index in [1.807, 2.05) is 34.6 Å². The number of alkyl halides is 12. The van der Waals surface area contributed by atoms with E-state index in [1.165, 1.54) is 69.8 Å². The Morgan fingerprint density at radius 3 is 0.961 bits per heavy atom. The monoisotopic (exact) mass is 1790 g/mol. The molecule has 32 heteroatoms. The first-order valence-electron chi connectivity index (χ1n) is 39.6. The maximum Gasteiger partial charge on any atom is 0.450 e. The molecule has 0 unspecified atom stereocenters. The Morgan fingerprint density at radius 1 is 0.414 bits per heavy atom. The van der Waals surface area contributed by atoms with E-state index in [0.29, 0.717) is 83.6 Å². The van der Waals surface area contributed by atoms with Crippen molar-refractivity contribution in [1.82, 2.24) is 15.0 Å². The van der Waals surface area contributed by atoms with Crippen molar-refractivity contribution in [2.75, 3.05) is 5.73 Å². The number of hydrogen-bond acceptors (Lipinski definition) is 19. The molecule has 0 amide bonds. The number of nitrogens with two attached hydrogens (primary N) is 1. The van der Waals surface area contributed by atoms with Crippen LogP contribution in [0.15, 0.2) is 164 Å². The van der Waals surface area contributed by atoms with Gasteiger partial charge in [-0.15, -0.1) is 0 Å². The van der Waals surface area contributed by atoms with Gasteiger partial charge in [-0.25, -0.2) is 29.3 Å². The number of benzene rings is 7. The highest BCUT2D eigenvalue weighted by Gasteiger charge is 2.42. The fourth-order valence-corrected chi connectivity index (χ4v) is 11.5. The Bertz CT molecular complexity index is 5790. The summed E-state index contributed by atoms with van der Waals surface area (Å²) in [5.41, 5.74) is 2.95. The summed E-state index contributed by atoms with van der Waals surface area (Å²) in [5, 5.41) is 10.7. The topological polar surface area (TPSA) is 302 Å². The fraction of sp³-hybridized carbons (Fsp3) is 0.323. The highest BCUT2D eigenvalue weighted by atomic mass is 19.4. The van der Waals surface area contributed by atoms with E-state index in [4.69, 9.17) is 30.8 Å². The number of carbonyl (C=O) groups excluding carboxylic acids is 9. The number of nitrogen functional groups attached to an aromatic ring is 1. The van der Waals surface area contributed by atoms with Crippen LogP contribution in [0.4, 0.5) is 58.4 Å². The van der Waals surface area contributed by atoms with Gasteiger partial charge >= 0.3 is 42.6 Å². The van der Waals surface area contributed by atoms with E-state index >= 15 is 0 Å². The summed E-state index contributed by atoms with van der Waals surface area (Å²) in [7, 11) is 1.25. The van der Waals surface area contributed by atoms with Gasteiger partial charge in [-0.05, 0) is 280 Å². The maximum absolute atomic E-state index is 13.6. The van der Waals surface area contributed by atoms with Crippen LogP contribution in [0.5, 0.6) is 17.2 Å². The Labute approximate surface area is 733 Å². The molecular weight excluding hydrogens is 1690 g/mol. The molecule has 0 fully saturated rings. The molecule has 3 heterocycles. The van der Waals surface area contributed by atoms with Gasteiger partial charge in [0.25, 0.3) is 0 Å². The number of ketones is 5. The highest BCUT2D eigenvalue weighted by molar-refractivity contribution is 6.10. The number of para-hydroxylation sites is 4. The minimum Gasteiger partial charge on any atom is -0.478 e. The summed E-state index contributed by atoms with van der Waals surface area (Å²) in [5.74, 6) is -5.63. The number of aromatic nitrogens is 3. The lowest BCUT2D eigenvalue weighted by Crippen LogP contribution is -2.43. The number of hydrogen-bond donors (Lipinski definition) is 2. The summed E-state index contributed by atoms with van der Waals surface area (Å²) >= 11 is 0. The standard InChI is InChI=1S/C29H30F3NO4.C25H22F3NO4.C17H24O4.C12H8F3NO.C7H7NO.C5H5F3O2.CH4/c1-17-14-19(15-18(2)24(17)36-28(6,7)26(35)37-27(3,4)5)12-13-23(34)21-16-20-10-8-9-11-22(20)33-25(21)29(30,31)32;1-14-11-16(12-15(2)21(14)33-24(3,4)23(31)32)9-10-20(30)18-13-17-7-5-6-8-19(17)29-22(18)25(26,27)28;1-11-8-13(10-18)9-12(2)14(11)20-17(6,7)15(19)21-16(3,4)5;1-7(17)9-6-8-4-2-3-5-10(8)16-11(9)12(13,14)15;8-7-4-2-1-3-6(7)5-9;1-3(9)2-4(10)5(6,7)8;/h8-16H,1-7H3;5-13H,1-4H3,(H,31,32);8-10H,1-7H3;2-6H,1H3;1-5H,8H2;2H2,1H3;1H4/b13-12+;10-9+;;;;;/i;;;;;;1T. The van der Waals surface area contributed by atoms with E-state index in [0.717, 1.165) is 49.7 Å². The molecule has 10 aromatic rings. The molecular formula is C96H100F12N4O16. The van der Waals surface area contributed by atoms with E-state index in [9.17, 15) is 106 Å². The maximum atomic E-state index is 13.6. The lowest BCUT2D eigenvalue weighted by molar-refractivity contribution is -0.171. The second kappa shape index (κ2) is 43.3. The zero-order chi connectivity index (χ0) is 98.4. The molecule has 0 aliphatic rings. The molecule has 0 radical (unpaired) electrons. The number of aliphatic carboxylic acids is 1. The predicted octanol–water partition coefficient (Wildman–Crippen LogP) is 23.2. The first-order chi connectivity index (χ1) is 59.3. The number of ether oxygens (including phenoxy) is 5. The first-order valence-corrected chi connectivity index (χ1v) is 38.6. The second-order valence-electron chi connectivity index (χ2n) is 32.4. The molecule has 3 aromatic heterocycles. The summed E-state index contributed by atoms with van der Waals surface area (Å²) in [6.45, 7) is 32.9. The van der Waals surface area contributed by atoms with Crippen molar-refractivity contribution in [2.45, 2.75) is 205 Å². The number of fused-ring (bicyclic) bond motifs is 3. The molecule has 20 nitrogen and oxygen atoms in total. The molecule has 0 spiro atoms. The number of carbonyl (C=O) groups is 10. The van der Waals surface area contributed by atoms with Gasteiger partial charge in [-0.3, -0.25) is 33.6 Å².